The molecule has 0 unspecified atom stereocenters. The molecule has 0 radical (unpaired) electrons. The zero-order valence-corrected chi connectivity index (χ0v) is 17.9. The highest BCUT2D eigenvalue weighted by Crippen LogP contribution is 2.35. The Hall–Kier alpha value is -1.90. The zero-order valence-electron chi connectivity index (χ0n) is 15.5. The molecule has 1 fully saturated rings. The van der Waals surface area contributed by atoms with Gasteiger partial charge in [0.1, 0.15) is 6.61 Å². The van der Waals surface area contributed by atoms with Gasteiger partial charge < -0.3 is 4.74 Å². The van der Waals surface area contributed by atoms with E-state index in [1.807, 2.05) is 25.1 Å². The van der Waals surface area contributed by atoms with Crippen molar-refractivity contribution < 1.29 is 17.9 Å². The molecule has 2 aliphatic rings. The van der Waals surface area contributed by atoms with Crippen LogP contribution in [0.15, 0.2) is 51.8 Å². The number of ether oxygens (including phenoxy) is 1. The Morgan fingerprint density at radius 2 is 1.79 bits per heavy atom. The van der Waals surface area contributed by atoms with E-state index in [0.29, 0.717) is 30.4 Å². The van der Waals surface area contributed by atoms with Crippen LogP contribution in [0.1, 0.15) is 24.0 Å². The summed E-state index contributed by atoms with van der Waals surface area (Å²) < 4.78 is 33.4. The van der Waals surface area contributed by atoms with E-state index in [9.17, 15) is 13.2 Å². The molecule has 0 atom stereocenters. The van der Waals surface area contributed by atoms with E-state index in [0.717, 1.165) is 16.8 Å². The second-order valence-corrected chi connectivity index (χ2v) is 9.83. The largest absolute Gasteiger partial charge is 0.444 e. The summed E-state index contributed by atoms with van der Waals surface area (Å²) in [7, 11) is -3.58. The molecule has 0 saturated carbocycles. The number of rotatable bonds is 3. The number of carbonyl (C=O) groups is 1. The number of sulfonamides is 1. The zero-order chi connectivity index (χ0) is 19.9. The third kappa shape index (κ3) is 3.33. The van der Waals surface area contributed by atoms with Gasteiger partial charge in [0.15, 0.2) is 0 Å². The lowest BCUT2D eigenvalue weighted by Gasteiger charge is -2.40. The summed E-state index contributed by atoms with van der Waals surface area (Å²) in [6.07, 6.45) is 0.771. The minimum Gasteiger partial charge on any atom is -0.444 e. The standard InChI is InChI=1S/C20H21BrN2O4S/c1-14-5-4-6-15-13-27-20(24)23(19(14)15)16-9-11-22(12-10-16)28(25,26)18-8-3-2-7-17(18)21/h2-8,16H,9-13H2,1H3. The van der Waals surface area contributed by atoms with Crippen molar-refractivity contribution in [2.45, 2.75) is 37.3 Å². The van der Waals surface area contributed by atoms with E-state index in [2.05, 4.69) is 15.9 Å². The van der Waals surface area contributed by atoms with Crippen molar-refractivity contribution in [1.82, 2.24) is 4.31 Å². The van der Waals surface area contributed by atoms with Crippen molar-refractivity contribution in [3.05, 3.63) is 58.1 Å². The Kier molecular flexibility index (Phi) is 5.20. The van der Waals surface area contributed by atoms with Gasteiger partial charge in [0, 0.05) is 29.2 Å². The summed E-state index contributed by atoms with van der Waals surface area (Å²) in [5.74, 6) is 0. The lowest BCUT2D eigenvalue weighted by atomic mass is 10.00. The topological polar surface area (TPSA) is 66.9 Å². The van der Waals surface area contributed by atoms with E-state index < -0.39 is 10.0 Å². The summed E-state index contributed by atoms with van der Waals surface area (Å²) in [6.45, 7) is 2.98. The van der Waals surface area contributed by atoms with Crippen molar-refractivity contribution in [3.8, 4) is 0 Å². The van der Waals surface area contributed by atoms with Crippen molar-refractivity contribution >= 4 is 37.7 Å². The van der Waals surface area contributed by atoms with Crippen LogP contribution in [0.2, 0.25) is 0 Å². The van der Waals surface area contributed by atoms with Crippen molar-refractivity contribution in [2.24, 2.45) is 0 Å². The highest BCUT2D eigenvalue weighted by molar-refractivity contribution is 9.10. The first kappa shape index (κ1) is 19.4. The summed E-state index contributed by atoms with van der Waals surface area (Å²) in [5.41, 5.74) is 2.92. The molecule has 2 aromatic carbocycles. The Morgan fingerprint density at radius 3 is 2.50 bits per heavy atom. The van der Waals surface area contributed by atoms with Crippen molar-refractivity contribution in [3.63, 3.8) is 0 Å². The van der Waals surface area contributed by atoms with Crippen molar-refractivity contribution in [1.29, 1.82) is 0 Å². The third-order valence-electron chi connectivity index (χ3n) is 5.35. The van der Waals surface area contributed by atoms with Crippen LogP contribution < -0.4 is 4.90 Å². The smallest absolute Gasteiger partial charge is 0.414 e. The second-order valence-electron chi connectivity index (χ2n) is 7.07. The molecule has 148 valence electrons. The molecule has 0 aliphatic carbocycles. The fourth-order valence-corrected chi connectivity index (χ4v) is 6.38. The minimum absolute atomic E-state index is 0.0849. The number of para-hydroxylation sites is 1. The first-order valence-electron chi connectivity index (χ1n) is 9.19. The van der Waals surface area contributed by atoms with E-state index in [-0.39, 0.29) is 23.6 Å². The summed E-state index contributed by atoms with van der Waals surface area (Å²) in [6, 6.07) is 12.7. The molecule has 0 spiro atoms. The molecule has 0 aromatic heterocycles. The maximum Gasteiger partial charge on any atom is 0.414 e. The number of benzene rings is 2. The molecule has 0 N–H and O–H groups in total. The van der Waals surface area contributed by atoms with Crippen LogP contribution in [0.5, 0.6) is 0 Å². The average Bonchev–Trinajstić information content (AvgIpc) is 2.69. The van der Waals surface area contributed by atoms with E-state index in [4.69, 9.17) is 4.74 Å². The Bertz CT molecular complexity index is 1020. The molecular formula is C20H21BrN2O4S. The fourth-order valence-electron chi connectivity index (χ4n) is 3.95. The van der Waals surface area contributed by atoms with Crippen LogP contribution in [0.3, 0.4) is 0 Å². The molecule has 2 heterocycles. The number of piperidine rings is 1. The first-order chi connectivity index (χ1) is 13.4. The summed E-state index contributed by atoms with van der Waals surface area (Å²) in [5, 5.41) is 0. The van der Waals surface area contributed by atoms with Gasteiger partial charge in [-0.1, -0.05) is 30.3 Å². The molecule has 8 heteroatoms. The molecule has 1 saturated heterocycles. The van der Waals surface area contributed by atoms with E-state index in [1.165, 1.54) is 4.31 Å². The van der Waals surface area contributed by atoms with Crippen LogP contribution >= 0.6 is 15.9 Å². The molecule has 1 amide bonds. The van der Waals surface area contributed by atoms with Gasteiger partial charge in [-0.3, -0.25) is 4.90 Å². The third-order valence-corrected chi connectivity index (χ3v) is 8.26. The number of nitrogens with zero attached hydrogens (tertiary/aromatic N) is 2. The average molecular weight is 465 g/mol. The van der Waals surface area contributed by atoms with E-state index in [1.54, 1.807) is 29.2 Å². The SMILES string of the molecule is Cc1cccc2c1N(C1CCN(S(=O)(=O)c3ccccc3Br)CC1)C(=O)OC2. The summed E-state index contributed by atoms with van der Waals surface area (Å²) in [4.78, 5) is 14.5. The van der Waals surface area contributed by atoms with Gasteiger partial charge in [-0.15, -0.1) is 0 Å². The van der Waals surface area contributed by atoms with Gasteiger partial charge in [0.25, 0.3) is 0 Å². The molecule has 28 heavy (non-hydrogen) atoms. The highest BCUT2D eigenvalue weighted by atomic mass is 79.9. The van der Waals surface area contributed by atoms with Gasteiger partial charge >= 0.3 is 6.09 Å². The molecular weight excluding hydrogens is 444 g/mol. The Labute approximate surface area is 173 Å². The van der Waals surface area contributed by atoms with E-state index >= 15 is 0 Å². The maximum absolute atomic E-state index is 13.0. The number of halogens is 1. The maximum atomic E-state index is 13.0. The number of aryl methyl sites for hydroxylation is 1. The molecule has 2 aliphatic heterocycles. The van der Waals surface area contributed by atoms with Gasteiger partial charge in [-0.2, -0.15) is 4.31 Å². The van der Waals surface area contributed by atoms with Gasteiger partial charge in [0.05, 0.1) is 10.6 Å². The molecule has 2 aromatic rings. The van der Waals surface area contributed by atoms with Crippen LogP contribution in [0, 0.1) is 6.92 Å². The lowest BCUT2D eigenvalue weighted by molar-refractivity contribution is 0.135. The number of carbonyl (C=O) groups excluding carboxylic acids is 1. The minimum atomic E-state index is -3.58. The number of hydrogen-bond donors (Lipinski definition) is 0. The highest BCUT2D eigenvalue weighted by Gasteiger charge is 2.38. The normalized spacial score (nSPS) is 18.6. The second kappa shape index (κ2) is 7.50. The number of amides is 1. The lowest BCUT2D eigenvalue weighted by Crippen LogP contribution is -2.50. The monoisotopic (exact) mass is 464 g/mol. The van der Waals surface area contributed by atoms with Gasteiger partial charge in [-0.25, -0.2) is 13.2 Å². The van der Waals surface area contributed by atoms with Gasteiger partial charge in [-0.05, 0) is 53.4 Å². The van der Waals surface area contributed by atoms with Gasteiger partial charge in [0.2, 0.25) is 10.0 Å². The number of fused-ring (bicyclic) bond motifs is 1. The van der Waals surface area contributed by atoms with Crippen LogP contribution in [-0.2, 0) is 21.4 Å². The van der Waals surface area contributed by atoms with Crippen LogP contribution in [0.25, 0.3) is 0 Å². The quantitative estimate of drug-likeness (QED) is 0.686. The number of anilines is 1. The number of cyclic esters (lactones) is 1. The Balaban J connectivity index is 1.56. The first-order valence-corrected chi connectivity index (χ1v) is 11.4. The molecule has 0 bridgehead atoms. The Morgan fingerprint density at radius 1 is 1.07 bits per heavy atom. The molecule has 6 nitrogen and oxygen atoms in total. The predicted molar refractivity (Wildman–Crippen MR) is 110 cm³/mol. The predicted octanol–water partition coefficient (Wildman–Crippen LogP) is 4.07. The fraction of sp³-hybridized carbons (Fsp3) is 0.350. The van der Waals surface area contributed by atoms with Crippen LogP contribution in [-0.4, -0.2) is 37.9 Å². The number of hydrogen-bond acceptors (Lipinski definition) is 4. The summed E-state index contributed by atoms with van der Waals surface area (Å²) >= 11 is 3.33. The molecule has 4 rings (SSSR count). The van der Waals surface area contributed by atoms with Crippen LogP contribution in [0.4, 0.5) is 10.5 Å². The van der Waals surface area contributed by atoms with Crippen molar-refractivity contribution in [2.75, 3.05) is 18.0 Å².